The molecule has 1 rings (SSSR count). The minimum absolute atomic E-state index is 0.206. The number of methoxy groups -OCH3 is 2. The van der Waals surface area contributed by atoms with Crippen molar-refractivity contribution in [3.8, 4) is 5.75 Å². The van der Waals surface area contributed by atoms with Crippen LogP contribution in [0.3, 0.4) is 0 Å². The number of rotatable bonds is 6. The molecule has 17 heavy (non-hydrogen) atoms. The zero-order chi connectivity index (χ0) is 12.7. The second-order valence-electron chi connectivity index (χ2n) is 3.46. The molecule has 94 valence electrons. The monoisotopic (exact) mass is 301 g/mol. The van der Waals surface area contributed by atoms with Crippen LogP contribution < -0.4 is 10.1 Å². The molecule has 1 aromatic rings. The number of carbonyl (C=O) groups excluding carboxylic acids is 1. The third kappa shape index (κ3) is 4.75. The lowest BCUT2D eigenvalue weighted by Crippen LogP contribution is -2.18. The Hall–Kier alpha value is -1.07. The van der Waals surface area contributed by atoms with Gasteiger partial charge in [-0.2, -0.15) is 0 Å². The molecule has 1 aromatic carbocycles. The summed E-state index contributed by atoms with van der Waals surface area (Å²) in [6.07, 6.45) is 0.373. The van der Waals surface area contributed by atoms with Gasteiger partial charge in [-0.1, -0.05) is 15.9 Å². The first-order chi connectivity index (χ1) is 8.17. The van der Waals surface area contributed by atoms with Gasteiger partial charge in [-0.3, -0.25) is 4.79 Å². The van der Waals surface area contributed by atoms with Gasteiger partial charge in [0.05, 0.1) is 20.6 Å². The van der Waals surface area contributed by atoms with Crippen LogP contribution in [-0.2, 0) is 16.1 Å². The number of ether oxygens (including phenoxy) is 2. The average Bonchev–Trinajstić information content (AvgIpc) is 2.36. The molecule has 0 fully saturated rings. The van der Waals surface area contributed by atoms with Crippen LogP contribution in [0, 0.1) is 0 Å². The Kier molecular flexibility index (Phi) is 6.00. The van der Waals surface area contributed by atoms with Gasteiger partial charge in [0.2, 0.25) is 0 Å². The summed E-state index contributed by atoms with van der Waals surface area (Å²) >= 11 is 3.47. The molecule has 0 unspecified atom stereocenters. The fourth-order valence-electron chi connectivity index (χ4n) is 1.33. The molecule has 0 aliphatic heterocycles. The first-order valence-electron chi connectivity index (χ1n) is 5.27. The van der Waals surface area contributed by atoms with Crippen molar-refractivity contribution in [2.45, 2.75) is 13.0 Å². The Balaban J connectivity index is 2.43. The highest BCUT2D eigenvalue weighted by molar-refractivity contribution is 9.10. The molecular weight excluding hydrogens is 286 g/mol. The standard InChI is InChI=1S/C12H16BrNO3/c1-16-10-3-4-11(13)9(7-10)8-14-6-5-12(15)17-2/h3-4,7,14H,5-6,8H2,1-2H3. The summed E-state index contributed by atoms with van der Waals surface area (Å²) in [6.45, 7) is 1.27. The SMILES string of the molecule is COC(=O)CCNCc1cc(OC)ccc1Br. The van der Waals surface area contributed by atoms with Crippen LogP contribution >= 0.6 is 15.9 Å². The van der Waals surface area contributed by atoms with Crippen LogP contribution in [0.5, 0.6) is 5.75 Å². The lowest BCUT2D eigenvalue weighted by molar-refractivity contribution is -0.140. The molecule has 0 aliphatic carbocycles. The van der Waals surface area contributed by atoms with E-state index in [1.165, 1.54) is 7.11 Å². The summed E-state index contributed by atoms with van der Waals surface area (Å²) in [5.41, 5.74) is 1.09. The maximum Gasteiger partial charge on any atom is 0.306 e. The zero-order valence-electron chi connectivity index (χ0n) is 9.96. The Bertz CT molecular complexity index is 382. The molecule has 0 saturated heterocycles. The minimum Gasteiger partial charge on any atom is -0.497 e. The van der Waals surface area contributed by atoms with E-state index in [2.05, 4.69) is 26.0 Å². The molecule has 0 radical (unpaired) electrons. The second kappa shape index (κ2) is 7.29. The first kappa shape index (κ1) is 14.0. The van der Waals surface area contributed by atoms with Gasteiger partial charge in [-0.15, -0.1) is 0 Å². The molecule has 1 N–H and O–H groups in total. The van der Waals surface area contributed by atoms with Crippen LogP contribution in [0.1, 0.15) is 12.0 Å². The largest absolute Gasteiger partial charge is 0.497 e. The summed E-state index contributed by atoms with van der Waals surface area (Å²) in [7, 11) is 3.03. The molecule has 0 heterocycles. The highest BCUT2D eigenvalue weighted by Gasteiger charge is 2.03. The lowest BCUT2D eigenvalue weighted by atomic mass is 10.2. The molecule has 5 heteroatoms. The molecule has 0 aliphatic rings. The molecule has 0 aromatic heterocycles. The third-order valence-electron chi connectivity index (χ3n) is 2.30. The van der Waals surface area contributed by atoms with Gasteiger partial charge < -0.3 is 14.8 Å². The van der Waals surface area contributed by atoms with Crippen molar-refractivity contribution in [3.63, 3.8) is 0 Å². The van der Waals surface area contributed by atoms with Crippen molar-refractivity contribution < 1.29 is 14.3 Å². The Labute approximate surface area is 109 Å². The number of halogens is 1. The number of nitrogens with one attached hydrogen (secondary N) is 1. The summed E-state index contributed by atoms with van der Waals surface area (Å²) < 4.78 is 10.7. The van der Waals surface area contributed by atoms with Crippen molar-refractivity contribution in [2.75, 3.05) is 20.8 Å². The van der Waals surface area contributed by atoms with E-state index in [0.717, 1.165) is 15.8 Å². The average molecular weight is 302 g/mol. The van der Waals surface area contributed by atoms with Gasteiger partial charge in [-0.05, 0) is 23.8 Å². The van der Waals surface area contributed by atoms with E-state index < -0.39 is 0 Å². The molecule has 0 amide bonds. The second-order valence-corrected chi connectivity index (χ2v) is 4.31. The Morgan fingerprint density at radius 1 is 1.41 bits per heavy atom. The van der Waals surface area contributed by atoms with E-state index in [1.54, 1.807) is 7.11 Å². The number of hydrogen-bond acceptors (Lipinski definition) is 4. The first-order valence-corrected chi connectivity index (χ1v) is 6.06. The van der Waals surface area contributed by atoms with Gasteiger partial charge >= 0.3 is 5.97 Å². The predicted molar refractivity (Wildman–Crippen MR) is 69.0 cm³/mol. The summed E-state index contributed by atoms with van der Waals surface area (Å²) in [4.78, 5) is 10.9. The fourth-order valence-corrected chi connectivity index (χ4v) is 1.72. The summed E-state index contributed by atoms with van der Waals surface area (Å²) in [5.74, 6) is 0.611. The number of hydrogen-bond donors (Lipinski definition) is 1. The van der Waals surface area contributed by atoms with Gasteiger partial charge in [0.25, 0.3) is 0 Å². The van der Waals surface area contributed by atoms with Crippen molar-refractivity contribution in [2.24, 2.45) is 0 Å². The van der Waals surface area contributed by atoms with Gasteiger partial charge in [0, 0.05) is 17.6 Å². The number of carbonyl (C=O) groups is 1. The maximum atomic E-state index is 10.9. The van der Waals surface area contributed by atoms with E-state index in [9.17, 15) is 4.79 Å². The fraction of sp³-hybridized carbons (Fsp3) is 0.417. The maximum absolute atomic E-state index is 10.9. The van der Waals surface area contributed by atoms with Crippen molar-refractivity contribution in [1.82, 2.24) is 5.32 Å². The van der Waals surface area contributed by atoms with Gasteiger partial charge in [-0.25, -0.2) is 0 Å². The highest BCUT2D eigenvalue weighted by Crippen LogP contribution is 2.22. The van der Waals surface area contributed by atoms with Crippen molar-refractivity contribution in [1.29, 1.82) is 0 Å². The highest BCUT2D eigenvalue weighted by atomic mass is 79.9. The van der Waals surface area contributed by atoms with E-state index >= 15 is 0 Å². The van der Waals surface area contributed by atoms with E-state index in [1.807, 2.05) is 18.2 Å². The van der Waals surface area contributed by atoms with Crippen LogP contribution in [0.25, 0.3) is 0 Å². The summed E-state index contributed by atoms with van der Waals surface area (Å²) in [6, 6.07) is 5.79. The quantitative estimate of drug-likeness (QED) is 0.646. The van der Waals surface area contributed by atoms with Crippen LogP contribution in [0.2, 0.25) is 0 Å². The van der Waals surface area contributed by atoms with E-state index in [0.29, 0.717) is 19.5 Å². The van der Waals surface area contributed by atoms with Crippen molar-refractivity contribution in [3.05, 3.63) is 28.2 Å². The molecule has 0 bridgehead atoms. The molecule has 0 saturated carbocycles. The van der Waals surface area contributed by atoms with Crippen LogP contribution in [0.4, 0.5) is 0 Å². The lowest BCUT2D eigenvalue weighted by Gasteiger charge is -2.08. The normalized spacial score (nSPS) is 10.1. The smallest absolute Gasteiger partial charge is 0.306 e. The third-order valence-corrected chi connectivity index (χ3v) is 3.08. The minimum atomic E-state index is -0.206. The molecular formula is C12H16BrNO3. The predicted octanol–water partition coefficient (Wildman–Crippen LogP) is 2.11. The van der Waals surface area contributed by atoms with Crippen LogP contribution in [-0.4, -0.2) is 26.7 Å². The summed E-state index contributed by atoms with van der Waals surface area (Å²) in [5, 5.41) is 3.17. The number of benzene rings is 1. The topological polar surface area (TPSA) is 47.6 Å². The molecule has 0 atom stereocenters. The zero-order valence-corrected chi connectivity index (χ0v) is 11.5. The van der Waals surface area contributed by atoms with E-state index in [-0.39, 0.29) is 5.97 Å². The van der Waals surface area contributed by atoms with Crippen LogP contribution in [0.15, 0.2) is 22.7 Å². The van der Waals surface area contributed by atoms with Crippen molar-refractivity contribution >= 4 is 21.9 Å². The van der Waals surface area contributed by atoms with E-state index in [4.69, 9.17) is 4.74 Å². The van der Waals surface area contributed by atoms with Gasteiger partial charge in [0.15, 0.2) is 0 Å². The molecule has 0 spiro atoms. The van der Waals surface area contributed by atoms with Gasteiger partial charge in [0.1, 0.15) is 5.75 Å². The Morgan fingerprint density at radius 3 is 2.82 bits per heavy atom. The molecule has 4 nitrogen and oxygen atoms in total. The number of esters is 1. The Morgan fingerprint density at radius 2 is 2.18 bits per heavy atom.